The zero-order chi connectivity index (χ0) is 17.2. The lowest BCUT2D eigenvalue weighted by atomic mass is 9.99. The quantitative estimate of drug-likeness (QED) is 0.533. The third-order valence-corrected chi connectivity index (χ3v) is 3.50. The van der Waals surface area contributed by atoms with Gasteiger partial charge in [0.2, 0.25) is 5.91 Å². The molecule has 0 saturated carbocycles. The second-order valence-corrected chi connectivity index (χ2v) is 6.17. The highest BCUT2D eigenvalue weighted by molar-refractivity contribution is 5.81. The maximum Gasteiger partial charge on any atom is 0.221 e. The van der Waals surface area contributed by atoms with Crippen LogP contribution >= 0.6 is 0 Å². The fourth-order valence-electron chi connectivity index (χ4n) is 2.25. The standard InChI is InChI=1S/C18H30N4O/c1-13(2)22-17(23)9-10-20-18(19-5)21-12-15(4)16-8-6-7-14(3)11-16/h6-8,11,13,15H,9-10,12H2,1-5H3,(H,22,23)(H2,19,20,21). The number of nitrogens with one attached hydrogen (secondary N) is 3. The molecule has 0 aliphatic heterocycles. The number of amides is 1. The lowest BCUT2D eigenvalue weighted by Gasteiger charge is -2.17. The minimum atomic E-state index is 0.0519. The van der Waals surface area contributed by atoms with Crippen LogP contribution < -0.4 is 16.0 Å². The van der Waals surface area contributed by atoms with Crippen LogP contribution in [0.15, 0.2) is 29.3 Å². The van der Waals surface area contributed by atoms with E-state index in [0.717, 1.165) is 12.5 Å². The van der Waals surface area contributed by atoms with E-state index in [1.165, 1.54) is 11.1 Å². The van der Waals surface area contributed by atoms with Gasteiger partial charge in [-0.3, -0.25) is 9.79 Å². The molecule has 3 N–H and O–H groups in total. The number of rotatable bonds is 7. The van der Waals surface area contributed by atoms with Crippen molar-refractivity contribution in [3.63, 3.8) is 0 Å². The minimum absolute atomic E-state index is 0.0519. The van der Waals surface area contributed by atoms with E-state index in [9.17, 15) is 4.79 Å². The summed E-state index contributed by atoms with van der Waals surface area (Å²) in [6.07, 6.45) is 0.437. The van der Waals surface area contributed by atoms with Crippen molar-refractivity contribution in [3.8, 4) is 0 Å². The van der Waals surface area contributed by atoms with E-state index in [1.54, 1.807) is 7.05 Å². The summed E-state index contributed by atoms with van der Waals surface area (Å²) in [7, 11) is 1.74. The van der Waals surface area contributed by atoms with Crippen LogP contribution in [0.25, 0.3) is 0 Å². The average Bonchev–Trinajstić information content (AvgIpc) is 2.49. The summed E-state index contributed by atoms with van der Waals surface area (Å²) in [6.45, 7) is 9.56. The van der Waals surface area contributed by atoms with E-state index < -0.39 is 0 Å². The fourth-order valence-corrected chi connectivity index (χ4v) is 2.25. The first kappa shape index (κ1) is 19.0. The molecule has 1 rings (SSSR count). The van der Waals surface area contributed by atoms with Gasteiger partial charge in [-0.25, -0.2) is 0 Å². The Labute approximate surface area is 140 Å². The van der Waals surface area contributed by atoms with Gasteiger partial charge in [0.1, 0.15) is 0 Å². The average molecular weight is 318 g/mol. The van der Waals surface area contributed by atoms with Crippen molar-refractivity contribution >= 4 is 11.9 Å². The molecule has 0 aliphatic carbocycles. The predicted molar refractivity (Wildman–Crippen MR) is 96.9 cm³/mol. The van der Waals surface area contributed by atoms with Gasteiger partial charge in [0.15, 0.2) is 5.96 Å². The van der Waals surface area contributed by atoms with Crippen molar-refractivity contribution in [2.75, 3.05) is 20.1 Å². The number of carbonyl (C=O) groups is 1. The van der Waals surface area contributed by atoms with E-state index in [0.29, 0.717) is 18.9 Å². The number of nitrogens with zero attached hydrogens (tertiary/aromatic N) is 1. The molecule has 23 heavy (non-hydrogen) atoms. The Bertz CT molecular complexity index is 526. The molecule has 0 radical (unpaired) electrons. The summed E-state index contributed by atoms with van der Waals surface area (Å²) < 4.78 is 0. The molecule has 0 fully saturated rings. The van der Waals surface area contributed by atoms with Gasteiger partial charge in [0.25, 0.3) is 0 Å². The fraction of sp³-hybridized carbons (Fsp3) is 0.556. The third kappa shape index (κ3) is 7.68. The van der Waals surface area contributed by atoms with E-state index in [1.807, 2.05) is 13.8 Å². The Kier molecular flexibility index (Phi) is 8.16. The maximum atomic E-state index is 11.6. The summed E-state index contributed by atoms with van der Waals surface area (Å²) in [6, 6.07) is 8.72. The molecule has 1 aromatic rings. The molecule has 1 unspecified atom stereocenters. The second-order valence-electron chi connectivity index (χ2n) is 6.17. The third-order valence-electron chi connectivity index (χ3n) is 3.50. The molecular formula is C18H30N4O. The predicted octanol–water partition coefficient (Wildman–Crippen LogP) is 2.18. The zero-order valence-electron chi connectivity index (χ0n) is 14.9. The van der Waals surface area contributed by atoms with E-state index in [-0.39, 0.29) is 11.9 Å². The molecular weight excluding hydrogens is 288 g/mol. The highest BCUT2D eigenvalue weighted by Gasteiger charge is 2.08. The number of guanidine groups is 1. The Hall–Kier alpha value is -2.04. The van der Waals surface area contributed by atoms with Crippen LogP contribution in [0, 0.1) is 6.92 Å². The van der Waals surface area contributed by atoms with Gasteiger partial charge in [-0.05, 0) is 32.3 Å². The van der Waals surface area contributed by atoms with Crippen LogP contribution in [0.3, 0.4) is 0 Å². The lowest BCUT2D eigenvalue weighted by Crippen LogP contribution is -2.41. The van der Waals surface area contributed by atoms with Gasteiger partial charge in [-0.2, -0.15) is 0 Å². The highest BCUT2D eigenvalue weighted by atomic mass is 16.1. The molecule has 0 saturated heterocycles. The topological polar surface area (TPSA) is 65.5 Å². The molecule has 0 aliphatic rings. The van der Waals surface area contributed by atoms with Crippen molar-refractivity contribution in [1.82, 2.24) is 16.0 Å². The van der Waals surface area contributed by atoms with Crippen molar-refractivity contribution in [2.45, 2.75) is 46.1 Å². The first-order chi connectivity index (χ1) is 10.9. The highest BCUT2D eigenvalue weighted by Crippen LogP contribution is 2.15. The monoisotopic (exact) mass is 318 g/mol. The molecule has 5 nitrogen and oxygen atoms in total. The van der Waals surface area contributed by atoms with E-state index in [4.69, 9.17) is 0 Å². The van der Waals surface area contributed by atoms with Crippen LogP contribution in [0.1, 0.15) is 44.2 Å². The van der Waals surface area contributed by atoms with Gasteiger partial charge in [-0.1, -0.05) is 36.8 Å². The molecule has 128 valence electrons. The largest absolute Gasteiger partial charge is 0.356 e. The van der Waals surface area contributed by atoms with Crippen molar-refractivity contribution in [1.29, 1.82) is 0 Å². The summed E-state index contributed by atoms with van der Waals surface area (Å²) in [5.74, 6) is 1.16. The summed E-state index contributed by atoms with van der Waals surface area (Å²) >= 11 is 0. The first-order valence-electron chi connectivity index (χ1n) is 8.22. The van der Waals surface area contributed by atoms with Crippen molar-refractivity contribution in [3.05, 3.63) is 35.4 Å². The molecule has 0 bridgehead atoms. The Morgan fingerprint density at radius 1 is 1.22 bits per heavy atom. The van der Waals surface area contributed by atoms with Crippen LogP contribution in [0.5, 0.6) is 0 Å². The van der Waals surface area contributed by atoms with Crippen LogP contribution in [-0.2, 0) is 4.79 Å². The number of aliphatic imine (C=N–C) groups is 1. The summed E-state index contributed by atoms with van der Waals surface area (Å²) in [4.78, 5) is 15.8. The van der Waals surface area contributed by atoms with Gasteiger partial charge >= 0.3 is 0 Å². The minimum Gasteiger partial charge on any atom is -0.356 e. The first-order valence-corrected chi connectivity index (χ1v) is 8.22. The molecule has 0 heterocycles. The number of hydrogen-bond donors (Lipinski definition) is 3. The van der Waals surface area contributed by atoms with Gasteiger partial charge < -0.3 is 16.0 Å². The summed E-state index contributed by atoms with van der Waals surface area (Å²) in [5, 5.41) is 9.35. The van der Waals surface area contributed by atoms with Crippen molar-refractivity contribution < 1.29 is 4.79 Å². The molecule has 0 spiro atoms. The van der Waals surface area contributed by atoms with E-state index >= 15 is 0 Å². The Morgan fingerprint density at radius 2 is 1.96 bits per heavy atom. The lowest BCUT2D eigenvalue weighted by molar-refractivity contribution is -0.121. The van der Waals surface area contributed by atoms with Gasteiger partial charge in [0.05, 0.1) is 0 Å². The molecule has 1 amide bonds. The van der Waals surface area contributed by atoms with Crippen LogP contribution in [0.4, 0.5) is 0 Å². The second kappa shape index (κ2) is 9.87. The van der Waals surface area contributed by atoms with Gasteiger partial charge in [-0.15, -0.1) is 0 Å². The zero-order valence-corrected chi connectivity index (χ0v) is 14.9. The van der Waals surface area contributed by atoms with E-state index in [2.05, 4.69) is 59.1 Å². The Balaban J connectivity index is 2.35. The molecule has 1 atom stereocenters. The number of carbonyl (C=O) groups excluding carboxylic acids is 1. The maximum absolute atomic E-state index is 11.6. The summed E-state index contributed by atoms with van der Waals surface area (Å²) in [5.41, 5.74) is 2.58. The number of benzene rings is 1. The number of aryl methyl sites for hydroxylation is 1. The van der Waals surface area contributed by atoms with Crippen molar-refractivity contribution in [2.24, 2.45) is 4.99 Å². The van der Waals surface area contributed by atoms with Crippen LogP contribution in [-0.4, -0.2) is 38.0 Å². The van der Waals surface area contributed by atoms with Crippen LogP contribution in [0.2, 0.25) is 0 Å². The normalized spacial score (nSPS) is 12.9. The molecule has 5 heteroatoms. The smallest absolute Gasteiger partial charge is 0.221 e. The Morgan fingerprint density at radius 3 is 2.57 bits per heavy atom. The molecule has 1 aromatic carbocycles. The SMILES string of the molecule is CN=C(NCCC(=O)NC(C)C)NCC(C)c1cccc(C)c1. The molecule has 0 aromatic heterocycles. The van der Waals surface area contributed by atoms with Gasteiger partial charge in [0, 0.05) is 32.6 Å². The number of hydrogen-bond acceptors (Lipinski definition) is 2.